The van der Waals surface area contributed by atoms with Gasteiger partial charge < -0.3 is 5.73 Å². The van der Waals surface area contributed by atoms with Gasteiger partial charge in [-0.3, -0.25) is 0 Å². The molecule has 0 spiro atoms. The molecule has 1 aromatic heterocycles. The summed E-state index contributed by atoms with van der Waals surface area (Å²) in [6.07, 6.45) is 0. The van der Waals surface area contributed by atoms with Gasteiger partial charge in [0.2, 0.25) is 0 Å². The average molecular weight is 328 g/mol. The minimum Gasteiger partial charge on any atom is -0.383 e. The van der Waals surface area contributed by atoms with Crippen LogP contribution in [0, 0.1) is 13.8 Å². The molecule has 0 amide bonds. The molecule has 0 aliphatic rings. The molecule has 0 saturated carbocycles. The first kappa shape index (κ1) is 13.1. The van der Waals surface area contributed by atoms with Gasteiger partial charge in [0.15, 0.2) is 5.82 Å². The van der Waals surface area contributed by atoms with E-state index in [-0.39, 0.29) is 0 Å². The molecule has 0 bridgehead atoms. The van der Waals surface area contributed by atoms with E-state index >= 15 is 0 Å². The molecule has 4 heteroatoms. The van der Waals surface area contributed by atoms with Gasteiger partial charge in [-0.25, -0.2) is 9.97 Å². The van der Waals surface area contributed by atoms with Gasteiger partial charge in [0.1, 0.15) is 5.82 Å². The third-order valence-corrected chi connectivity index (χ3v) is 3.80. The van der Waals surface area contributed by atoms with Crippen molar-refractivity contribution in [1.82, 2.24) is 9.97 Å². The predicted octanol–water partition coefficient (Wildman–Crippen LogP) is 4.26. The lowest BCUT2D eigenvalue weighted by atomic mass is 10.0. The summed E-state index contributed by atoms with van der Waals surface area (Å²) >= 11 is 3.44. The van der Waals surface area contributed by atoms with Crippen LogP contribution in [0.25, 0.3) is 22.3 Å². The zero-order valence-corrected chi connectivity index (χ0v) is 12.9. The number of hydrogen-bond acceptors (Lipinski definition) is 3. The summed E-state index contributed by atoms with van der Waals surface area (Å²) in [4.78, 5) is 9.07. The molecule has 0 aliphatic carbocycles. The summed E-state index contributed by atoms with van der Waals surface area (Å²) in [5.41, 5.74) is 10.3. The van der Waals surface area contributed by atoms with Crippen molar-refractivity contribution in [3.63, 3.8) is 0 Å². The fourth-order valence-electron chi connectivity index (χ4n) is 2.31. The molecular formula is C16H14BrN3. The molecule has 100 valence electrons. The van der Waals surface area contributed by atoms with Gasteiger partial charge in [-0.15, -0.1) is 0 Å². The third-order valence-electron chi connectivity index (χ3n) is 3.31. The summed E-state index contributed by atoms with van der Waals surface area (Å²) in [6, 6.07) is 12.1. The maximum atomic E-state index is 6.07. The second kappa shape index (κ2) is 4.87. The van der Waals surface area contributed by atoms with E-state index < -0.39 is 0 Å². The maximum absolute atomic E-state index is 6.07. The lowest BCUT2D eigenvalue weighted by molar-refractivity contribution is 1.21. The fourth-order valence-corrected chi connectivity index (χ4v) is 2.67. The van der Waals surface area contributed by atoms with Crippen molar-refractivity contribution < 1.29 is 0 Å². The van der Waals surface area contributed by atoms with Gasteiger partial charge in [-0.05, 0) is 37.6 Å². The number of benzene rings is 2. The highest BCUT2D eigenvalue weighted by Gasteiger charge is 2.09. The number of nitrogens with zero attached hydrogens (tertiary/aromatic N) is 2. The summed E-state index contributed by atoms with van der Waals surface area (Å²) in [7, 11) is 0. The Bertz CT molecular complexity index is 812. The minimum absolute atomic E-state index is 0.506. The van der Waals surface area contributed by atoms with Crippen LogP contribution in [0.3, 0.4) is 0 Å². The van der Waals surface area contributed by atoms with Gasteiger partial charge >= 0.3 is 0 Å². The number of aromatic nitrogens is 2. The molecule has 3 rings (SSSR count). The smallest absolute Gasteiger partial charge is 0.162 e. The second-order valence-corrected chi connectivity index (χ2v) is 5.83. The first-order valence-corrected chi connectivity index (χ1v) is 7.14. The average Bonchev–Trinajstić information content (AvgIpc) is 2.39. The highest BCUT2D eigenvalue weighted by atomic mass is 79.9. The van der Waals surface area contributed by atoms with E-state index in [1.165, 1.54) is 5.56 Å². The quantitative estimate of drug-likeness (QED) is 0.726. The molecule has 0 aliphatic heterocycles. The first-order chi connectivity index (χ1) is 9.54. The van der Waals surface area contributed by atoms with E-state index in [9.17, 15) is 0 Å². The monoisotopic (exact) mass is 327 g/mol. The Morgan fingerprint density at radius 1 is 1.00 bits per heavy atom. The lowest BCUT2D eigenvalue weighted by Gasteiger charge is -2.09. The zero-order valence-electron chi connectivity index (χ0n) is 11.3. The Hall–Kier alpha value is -1.94. The van der Waals surface area contributed by atoms with E-state index in [1.807, 2.05) is 24.3 Å². The number of anilines is 1. The molecule has 0 atom stereocenters. The summed E-state index contributed by atoms with van der Waals surface area (Å²) in [5, 5.41) is 0.868. The first-order valence-electron chi connectivity index (χ1n) is 6.35. The SMILES string of the molecule is Cc1ccc(-c2nc(N)c3cc(Br)ccc3n2)c(C)c1. The van der Waals surface area contributed by atoms with Crippen molar-refractivity contribution in [2.75, 3.05) is 5.73 Å². The van der Waals surface area contributed by atoms with Crippen LogP contribution in [0.4, 0.5) is 5.82 Å². The van der Waals surface area contributed by atoms with Crippen LogP contribution in [0.15, 0.2) is 40.9 Å². The van der Waals surface area contributed by atoms with Crippen LogP contribution in [-0.4, -0.2) is 9.97 Å². The largest absolute Gasteiger partial charge is 0.383 e. The fraction of sp³-hybridized carbons (Fsp3) is 0.125. The molecule has 3 nitrogen and oxygen atoms in total. The minimum atomic E-state index is 0.506. The van der Waals surface area contributed by atoms with Crippen LogP contribution < -0.4 is 5.73 Å². The molecule has 3 aromatic rings. The predicted molar refractivity (Wildman–Crippen MR) is 86.6 cm³/mol. The Balaban J connectivity index is 2.24. The van der Waals surface area contributed by atoms with E-state index in [0.29, 0.717) is 11.6 Å². The molecule has 0 fully saturated rings. The molecule has 0 saturated heterocycles. The van der Waals surface area contributed by atoms with Crippen molar-refractivity contribution in [2.45, 2.75) is 13.8 Å². The van der Waals surface area contributed by atoms with Crippen molar-refractivity contribution in [2.24, 2.45) is 0 Å². The lowest BCUT2D eigenvalue weighted by Crippen LogP contribution is -1.99. The van der Waals surface area contributed by atoms with Crippen LogP contribution in [0.5, 0.6) is 0 Å². The maximum Gasteiger partial charge on any atom is 0.162 e. The molecule has 20 heavy (non-hydrogen) atoms. The van der Waals surface area contributed by atoms with E-state index in [4.69, 9.17) is 5.73 Å². The third kappa shape index (κ3) is 2.27. The topological polar surface area (TPSA) is 51.8 Å². The van der Waals surface area contributed by atoms with Crippen LogP contribution >= 0.6 is 15.9 Å². The van der Waals surface area contributed by atoms with Crippen molar-refractivity contribution >= 4 is 32.7 Å². The molecule has 0 unspecified atom stereocenters. The molecule has 0 radical (unpaired) electrons. The van der Waals surface area contributed by atoms with Crippen molar-refractivity contribution in [3.8, 4) is 11.4 Å². The van der Waals surface area contributed by atoms with E-state index in [1.54, 1.807) is 0 Å². The molecule has 2 aromatic carbocycles. The molecule has 1 heterocycles. The van der Waals surface area contributed by atoms with Gasteiger partial charge in [-0.1, -0.05) is 39.7 Å². The Morgan fingerprint density at radius 3 is 2.55 bits per heavy atom. The summed E-state index contributed by atoms with van der Waals surface area (Å²) in [5.74, 6) is 1.18. The summed E-state index contributed by atoms with van der Waals surface area (Å²) in [6.45, 7) is 4.14. The van der Waals surface area contributed by atoms with Crippen LogP contribution in [-0.2, 0) is 0 Å². The highest BCUT2D eigenvalue weighted by molar-refractivity contribution is 9.10. The van der Waals surface area contributed by atoms with Crippen LogP contribution in [0.2, 0.25) is 0 Å². The number of nitrogen functional groups attached to an aromatic ring is 1. The van der Waals surface area contributed by atoms with E-state index in [2.05, 4.69) is 51.9 Å². The normalized spacial score (nSPS) is 10.9. The van der Waals surface area contributed by atoms with Crippen LogP contribution in [0.1, 0.15) is 11.1 Å². The number of aryl methyl sites for hydroxylation is 2. The molecular weight excluding hydrogens is 314 g/mol. The Kier molecular flexibility index (Phi) is 3.18. The Labute approximate surface area is 126 Å². The number of nitrogens with two attached hydrogens (primary N) is 1. The number of halogens is 1. The standard InChI is InChI=1S/C16H14BrN3/c1-9-3-5-12(10(2)7-9)16-19-14-6-4-11(17)8-13(14)15(18)20-16/h3-8H,1-2H3,(H2,18,19,20). The number of hydrogen-bond donors (Lipinski definition) is 1. The number of fused-ring (bicyclic) bond motifs is 1. The molecule has 2 N–H and O–H groups in total. The summed E-state index contributed by atoms with van der Waals surface area (Å²) < 4.78 is 0.972. The van der Waals surface area contributed by atoms with Gasteiger partial charge in [-0.2, -0.15) is 0 Å². The zero-order chi connectivity index (χ0) is 14.3. The highest BCUT2D eigenvalue weighted by Crippen LogP contribution is 2.27. The number of rotatable bonds is 1. The second-order valence-electron chi connectivity index (χ2n) is 4.91. The van der Waals surface area contributed by atoms with Gasteiger partial charge in [0, 0.05) is 15.4 Å². The van der Waals surface area contributed by atoms with Crippen molar-refractivity contribution in [3.05, 3.63) is 52.0 Å². The Morgan fingerprint density at radius 2 is 1.80 bits per heavy atom. The van der Waals surface area contributed by atoms with Gasteiger partial charge in [0.25, 0.3) is 0 Å². The van der Waals surface area contributed by atoms with Gasteiger partial charge in [0.05, 0.1) is 5.52 Å². The van der Waals surface area contributed by atoms with E-state index in [0.717, 1.165) is 26.5 Å². The van der Waals surface area contributed by atoms with Crippen molar-refractivity contribution in [1.29, 1.82) is 0 Å².